The fourth-order valence-corrected chi connectivity index (χ4v) is 3.69. The number of nitrogens with one attached hydrogen (secondary N) is 1. The molecule has 0 aliphatic heterocycles. The molecule has 2 aromatic heterocycles. The number of carbonyl (C=O) groups excluding carboxylic acids is 1. The summed E-state index contributed by atoms with van der Waals surface area (Å²) in [5.74, 6) is -0.123. The van der Waals surface area contributed by atoms with Gasteiger partial charge >= 0.3 is 0 Å². The maximum absolute atomic E-state index is 13.1. The molecule has 1 N–H and O–H groups in total. The van der Waals surface area contributed by atoms with Gasteiger partial charge in [-0.15, -0.1) is 0 Å². The molecule has 0 aliphatic rings. The van der Waals surface area contributed by atoms with Gasteiger partial charge in [-0.3, -0.25) is 14.3 Å². The van der Waals surface area contributed by atoms with E-state index in [4.69, 9.17) is 0 Å². The van der Waals surface area contributed by atoms with E-state index in [1.54, 1.807) is 0 Å². The number of aryl methyl sites for hydroxylation is 2. The van der Waals surface area contributed by atoms with Crippen LogP contribution in [0.15, 0.2) is 59.4 Å². The Morgan fingerprint density at radius 2 is 1.86 bits per heavy atom. The van der Waals surface area contributed by atoms with Crippen LogP contribution in [-0.4, -0.2) is 20.1 Å². The largest absolute Gasteiger partial charge is 0.324 e. The molecule has 2 heterocycles. The topological polar surface area (TPSA) is 68.4 Å². The third-order valence-corrected chi connectivity index (χ3v) is 5.09. The zero-order valence-electron chi connectivity index (χ0n) is 16.1. The standard InChI is InChI=1S/C22H22N4O2/c1-4-16-9-5-7-11-18(16)23-22(28)15(3)26-19-12-8-6-10-17(19)21-24-20(27)13-14(2)25(21)26/h5-13,15H,4H2,1-3H3,(H,23,28). The number of amides is 1. The monoisotopic (exact) mass is 374 g/mol. The molecule has 6 nitrogen and oxygen atoms in total. The van der Waals surface area contributed by atoms with Crippen molar-refractivity contribution in [3.63, 3.8) is 0 Å². The second-order valence-electron chi connectivity index (χ2n) is 6.91. The molecule has 2 aromatic carbocycles. The Morgan fingerprint density at radius 1 is 1.14 bits per heavy atom. The van der Waals surface area contributed by atoms with Crippen LogP contribution in [0, 0.1) is 6.92 Å². The van der Waals surface area contributed by atoms with Crippen molar-refractivity contribution < 1.29 is 4.79 Å². The van der Waals surface area contributed by atoms with E-state index < -0.39 is 6.04 Å². The summed E-state index contributed by atoms with van der Waals surface area (Å²) in [5, 5.41) is 3.90. The quantitative estimate of drug-likeness (QED) is 0.592. The van der Waals surface area contributed by atoms with Gasteiger partial charge in [-0.2, -0.15) is 4.98 Å². The van der Waals surface area contributed by atoms with Crippen molar-refractivity contribution in [3.05, 3.63) is 76.2 Å². The lowest BCUT2D eigenvalue weighted by atomic mass is 10.1. The molecule has 0 radical (unpaired) electrons. The van der Waals surface area contributed by atoms with Crippen molar-refractivity contribution in [2.24, 2.45) is 0 Å². The van der Waals surface area contributed by atoms with Crippen LogP contribution in [0.3, 0.4) is 0 Å². The molecule has 4 aromatic rings. The van der Waals surface area contributed by atoms with Gasteiger partial charge in [0.1, 0.15) is 6.04 Å². The van der Waals surface area contributed by atoms with Gasteiger partial charge in [0.25, 0.3) is 5.56 Å². The summed E-state index contributed by atoms with van der Waals surface area (Å²) in [6, 6.07) is 16.5. The van der Waals surface area contributed by atoms with Gasteiger partial charge in [0.2, 0.25) is 5.91 Å². The highest BCUT2D eigenvalue weighted by Crippen LogP contribution is 2.26. The summed E-state index contributed by atoms with van der Waals surface area (Å²) in [6.07, 6.45) is 0.838. The van der Waals surface area contributed by atoms with Crippen LogP contribution in [0.2, 0.25) is 0 Å². The van der Waals surface area contributed by atoms with Crippen molar-refractivity contribution in [3.8, 4) is 0 Å². The van der Waals surface area contributed by atoms with Crippen molar-refractivity contribution in [1.82, 2.24) is 14.2 Å². The van der Waals surface area contributed by atoms with Crippen molar-refractivity contribution in [2.45, 2.75) is 33.2 Å². The number of fused-ring (bicyclic) bond motifs is 3. The number of rotatable bonds is 4. The zero-order valence-corrected chi connectivity index (χ0v) is 16.1. The summed E-state index contributed by atoms with van der Waals surface area (Å²) in [4.78, 5) is 29.3. The molecule has 4 rings (SSSR count). The Morgan fingerprint density at radius 3 is 2.64 bits per heavy atom. The number of carbonyl (C=O) groups is 1. The molecule has 28 heavy (non-hydrogen) atoms. The SMILES string of the molecule is CCc1ccccc1NC(=O)C(C)n1c2ccccc2c2nc(=O)cc(C)n21. The molecule has 142 valence electrons. The molecule has 1 amide bonds. The smallest absolute Gasteiger partial charge is 0.273 e. The highest BCUT2D eigenvalue weighted by molar-refractivity contribution is 5.97. The first-order chi connectivity index (χ1) is 13.5. The van der Waals surface area contributed by atoms with Crippen LogP contribution in [0.1, 0.15) is 31.1 Å². The molecule has 0 saturated heterocycles. The molecular formula is C22H22N4O2. The molecular weight excluding hydrogens is 352 g/mol. The molecule has 6 heteroatoms. The van der Waals surface area contributed by atoms with E-state index in [-0.39, 0.29) is 11.5 Å². The fourth-order valence-electron chi connectivity index (χ4n) is 3.69. The average Bonchev–Trinajstić information content (AvgIpc) is 3.02. The van der Waals surface area contributed by atoms with Crippen molar-refractivity contribution in [1.29, 1.82) is 0 Å². The zero-order chi connectivity index (χ0) is 19.8. The van der Waals surface area contributed by atoms with E-state index in [2.05, 4.69) is 17.2 Å². The lowest BCUT2D eigenvalue weighted by molar-refractivity contribution is -0.119. The maximum atomic E-state index is 13.1. The Kier molecular flexibility index (Phi) is 4.47. The van der Waals surface area contributed by atoms with Crippen LogP contribution < -0.4 is 10.9 Å². The Balaban J connectivity index is 1.85. The van der Waals surface area contributed by atoms with Crippen molar-refractivity contribution >= 4 is 28.1 Å². The van der Waals surface area contributed by atoms with Gasteiger partial charge in [-0.1, -0.05) is 37.3 Å². The minimum absolute atomic E-state index is 0.123. The van der Waals surface area contributed by atoms with E-state index in [1.807, 2.05) is 71.6 Å². The van der Waals surface area contributed by atoms with Crippen LogP contribution in [0.5, 0.6) is 0 Å². The Bertz CT molecular complexity index is 1250. The maximum Gasteiger partial charge on any atom is 0.273 e. The Hall–Kier alpha value is -3.41. The summed E-state index contributed by atoms with van der Waals surface area (Å²) in [7, 11) is 0. The lowest BCUT2D eigenvalue weighted by Crippen LogP contribution is -2.27. The second-order valence-corrected chi connectivity index (χ2v) is 6.91. The molecule has 1 unspecified atom stereocenters. The first-order valence-corrected chi connectivity index (χ1v) is 9.39. The van der Waals surface area contributed by atoms with E-state index in [1.165, 1.54) is 6.07 Å². The normalized spacial score (nSPS) is 12.4. The third kappa shape index (κ3) is 2.87. The minimum atomic E-state index is -0.504. The summed E-state index contributed by atoms with van der Waals surface area (Å²) >= 11 is 0. The summed E-state index contributed by atoms with van der Waals surface area (Å²) in [5.41, 5.74) is 3.79. The van der Waals surface area contributed by atoms with Gasteiger partial charge < -0.3 is 5.32 Å². The molecule has 1 atom stereocenters. The molecule has 0 saturated carbocycles. The average molecular weight is 374 g/mol. The molecule has 0 bridgehead atoms. The number of anilines is 1. The van der Waals surface area contributed by atoms with Crippen LogP contribution >= 0.6 is 0 Å². The first-order valence-electron chi connectivity index (χ1n) is 9.39. The minimum Gasteiger partial charge on any atom is -0.324 e. The number of hydrogen-bond donors (Lipinski definition) is 1. The second kappa shape index (κ2) is 6.96. The number of aromatic nitrogens is 3. The number of benzene rings is 2. The third-order valence-electron chi connectivity index (χ3n) is 5.09. The highest BCUT2D eigenvalue weighted by atomic mass is 16.2. The van der Waals surface area contributed by atoms with Gasteiger partial charge in [0, 0.05) is 22.8 Å². The number of para-hydroxylation sites is 2. The van der Waals surface area contributed by atoms with Crippen LogP contribution in [-0.2, 0) is 11.2 Å². The summed E-state index contributed by atoms with van der Waals surface area (Å²) < 4.78 is 3.75. The van der Waals surface area contributed by atoms with Gasteiger partial charge in [-0.25, -0.2) is 4.52 Å². The van der Waals surface area contributed by atoms with E-state index in [0.29, 0.717) is 5.65 Å². The van der Waals surface area contributed by atoms with Crippen LogP contribution in [0.4, 0.5) is 5.69 Å². The predicted octanol–water partition coefficient (Wildman–Crippen LogP) is 3.72. The Labute approximate surface area is 162 Å². The van der Waals surface area contributed by atoms with E-state index >= 15 is 0 Å². The van der Waals surface area contributed by atoms with Crippen LogP contribution in [0.25, 0.3) is 16.6 Å². The number of nitrogens with zero attached hydrogens (tertiary/aromatic N) is 3. The lowest BCUT2D eigenvalue weighted by Gasteiger charge is -2.19. The molecule has 0 aliphatic carbocycles. The predicted molar refractivity (Wildman–Crippen MR) is 111 cm³/mol. The van der Waals surface area contributed by atoms with Gasteiger partial charge in [0.15, 0.2) is 5.65 Å². The first kappa shape index (κ1) is 18.0. The van der Waals surface area contributed by atoms with Crippen molar-refractivity contribution in [2.75, 3.05) is 5.32 Å². The number of hydrogen-bond acceptors (Lipinski definition) is 3. The molecule has 0 fully saturated rings. The van der Waals surface area contributed by atoms with Gasteiger partial charge in [0.05, 0.1) is 5.52 Å². The molecule has 0 spiro atoms. The van der Waals surface area contributed by atoms with E-state index in [0.717, 1.165) is 34.3 Å². The fraction of sp³-hybridized carbons (Fsp3) is 0.227. The highest BCUT2D eigenvalue weighted by Gasteiger charge is 2.22. The van der Waals surface area contributed by atoms with Gasteiger partial charge in [-0.05, 0) is 44.0 Å². The van der Waals surface area contributed by atoms with E-state index in [9.17, 15) is 9.59 Å². The summed E-state index contributed by atoms with van der Waals surface area (Å²) in [6.45, 7) is 5.77.